The second-order valence-electron chi connectivity index (χ2n) is 6.31. The normalized spacial score (nSPS) is 9.48. The van der Waals surface area contributed by atoms with E-state index < -0.39 is 5.97 Å². The van der Waals surface area contributed by atoms with Gasteiger partial charge in [0.15, 0.2) is 0 Å². The Morgan fingerprint density at radius 1 is 0.806 bits per heavy atom. The van der Waals surface area contributed by atoms with Crippen molar-refractivity contribution in [3.8, 4) is 17.2 Å². The molecule has 2 rings (SSSR count). The van der Waals surface area contributed by atoms with Crippen LogP contribution in [-0.4, -0.2) is 43.4 Å². The Balaban J connectivity index is -0.000000321. The summed E-state index contributed by atoms with van der Waals surface area (Å²) in [5.41, 5.74) is 0. The van der Waals surface area contributed by atoms with Crippen LogP contribution in [0.25, 0.3) is 0 Å². The van der Waals surface area contributed by atoms with Gasteiger partial charge in [0.25, 0.3) is 0 Å². The number of rotatable bonds is 4. The maximum Gasteiger partial charge on any atom is 0.303 e. The molecule has 1 atom stereocenters. The molecule has 0 saturated heterocycles. The average Bonchev–Trinajstić information content (AvgIpc) is 2.72. The number of aromatic hydroxyl groups is 3. The Morgan fingerprint density at radius 3 is 1.26 bits per heavy atom. The molecule has 0 saturated carbocycles. The summed E-state index contributed by atoms with van der Waals surface area (Å²) in [4.78, 5) is 19.4. The molecule has 0 heterocycles. The molecule has 0 aliphatic carbocycles. The summed E-state index contributed by atoms with van der Waals surface area (Å²) in [6.07, 6.45) is 2.44. The molecule has 5 N–H and O–H groups in total. The van der Waals surface area contributed by atoms with Gasteiger partial charge in [-0.2, -0.15) is 0 Å². The molecule has 0 aliphatic rings. The molecule has 7 nitrogen and oxygen atoms in total. The first-order valence-corrected chi connectivity index (χ1v) is 10.1. The molecule has 0 radical (unpaired) electrons. The van der Waals surface area contributed by atoms with E-state index in [1.807, 2.05) is 26.8 Å². The number of Topliss-reactive ketones (excluding diaryl/α,β-unsaturated/α-hetero) is 1. The van der Waals surface area contributed by atoms with Crippen molar-refractivity contribution in [2.24, 2.45) is 0 Å². The van der Waals surface area contributed by atoms with Gasteiger partial charge in [0.05, 0.1) is 6.10 Å². The number of carbonyl (C=O) groups is 2. The van der Waals surface area contributed by atoms with Crippen LogP contribution >= 0.6 is 0 Å². The van der Waals surface area contributed by atoms with Crippen molar-refractivity contribution >= 4 is 11.8 Å². The van der Waals surface area contributed by atoms with Gasteiger partial charge in [-0.25, -0.2) is 0 Å². The van der Waals surface area contributed by atoms with E-state index in [9.17, 15) is 9.59 Å². The van der Waals surface area contributed by atoms with E-state index in [4.69, 9.17) is 25.5 Å². The number of carbonyl (C=O) groups excluding carboxylic acids is 1. The highest BCUT2D eigenvalue weighted by Gasteiger charge is 1.87. The van der Waals surface area contributed by atoms with Gasteiger partial charge in [-0.15, -0.1) is 0 Å². The lowest BCUT2D eigenvalue weighted by Crippen LogP contribution is -1.93. The van der Waals surface area contributed by atoms with Crippen LogP contribution in [0.15, 0.2) is 54.6 Å². The van der Waals surface area contributed by atoms with Gasteiger partial charge in [0.1, 0.15) is 23.0 Å². The van der Waals surface area contributed by atoms with Crippen LogP contribution in [0.4, 0.5) is 0 Å². The fourth-order valence-electron chi connectivity index (χ4n) is 1.09. The van der Waals surface area contributed by atoms with Crippen LogP contribution in [0.5, 0.6) is 17.2 Å². The third-order valence-electron chi connectivity index (χ3n) is 3.16. The van der Waals surface area contributed by atoms with Gasteiger partial charge in [-0.05, 0) is 63.1 Å². The van der Waals surface area contributed by atoms with Gasteiger partial charge in [0, 0.05) is 12.8 Å². The van der Waals surface area contributed by atoms with E-state index in [-0.39, 0.29) is 23.4 Å². The third-order valence-corrected chi connectivity index (χ3v) is 3.16. The Kier molecular flexibility index (Phi) is 24.4. The first-order chi connectivity index (χ1) is 14.5. The Morgan fingerprint density at radius 2 is 1.13 bits per heavy atom. The molecule has 2 aromatic carbocycles. The molecule has 0 aromatic heterocycles. The second-order valence-corrected chi connectivity index (χ2v) is 6.31. The summed E-state index contributed by atoms with van der Waals surface area (Å²) < 4.78 is 0. The molecular formula is C24H38O7. The molecule has 0 fully saturated rings. The molecule has 0 spiro atoms. The van der Waals surface area contributed by atoms with E-state index in [1.165, 1.54) is 24.3 Å². The largest absolute Gasteiger partial charge is 0.508 e. The fraction of sp³-hybridized carbons (Fsp3) is 0.417. The number of aliphatic hydroxyl groups excluding tert-OH is 1. The zero-order valence-electron chi connectivity index (χ0n) is 19.2. The van der Waals surface area contributed by atoms with Crippen LogP contribution in [-0.2, 0) is 9.59 Å². The smallest absolute Gasteiger partial charge is 0.303 e. The summed E-state index contributed by atoms with van der Waals surface area (Å²) >= 11 is 0. The minimum atomic E-state index is -0.711. The van der Waals surface area contributed by atoms with Crippen LogP contribution in [0, 0.1) is 0 Å². The lowest BCUT2D eigenvalue weighted by Gasteiger charge is -1.90. The predicted octanol–water partition coefficient (Wildman–Crippen LogP) is 5.12. The van der Waals surface area contributed by atoms with Gasteiger partial charge in [-0.1, -0.05) is 39.0 Å². The highest BCUT2D eigenvalue weighted by molar-refractivity contribution is 5.74. The van der Waals surface area contributed by atoms with Crippen molar-refractivity contribution in [1.82, 2.24) is 0 Å². The number of para-hydroxylation sites is 1. The highest BCUT2D eigenvalue weighted by Crippen LogP contribution is 2.13. The molecule has 0 aliphatic heterocycles. The van der Waals surface area contributed by atoms with E-state index in [2.05, 4.69) is 0 Å². The van der Waals surface area contributed by atoms with E-state index in [0.717, 1.165) is 12.8 Å². The topological polar surface area (TPSA) is 135 Å². The summed E-state index contributed by atoms with van der Waals surface area (Å²) in [6, 6.07) is 14.4. The summed E-state index contributed by atoms with van der Waals surface area (Å²) in [5, 5.41) is 42.2. The van der Waals surface area contributed by atoms with Gasteiger partial charge in [0.2, 0.25) is 0 Å². The number of ketones is 1. The Labute approximate surface area is 185 Å². The minimum absolute atomic E-state index is 0.116. The zero-order chi connectivity index (χ0) is 24.7. The van der Waals surface area contributed by atoms with Gasteiger partial charge in [-0.3, -0.25) is 4.79 Å². The summed E-state index contributed by atoms with van der Waals surface area (Å²) in [5.74, 6) is 0.204. The van der Waals surface area contributed by atoms with Crippen molar-refractivity contribution in [1.29, 1.82) is 0 Å². The lowest BCUT2D eigenvalue weighted by molar-refractivity contribution is -0.137. The molecule has 0 bridgehead atoms. The van der Waals surface area contributed by atoms with E-state index >= 15 is 0 Å². The Hall–Kier alpha value is -3.06. The van der Waals surface area contributed by atoms with Crippen LogP contribution in [0.1, 0.15) is 60.3 Å². The summed E-state index contributed by atoms with van der Waals surface area (Å²) in [6.45, 7) is 9.00. The number of aliphatic carboxylic acids is 1. The molecular weight excluding hydrogens is 400 g/mol. The van der Waals surface area contributed by atoms with Crippen LogP contribution in [0.3, 0.4) is 0 Å². The Bertz CT molecular complexity index is 632. The monoisotopic (exact) mass is 438 g/mol. The number of benzene rings is 2. The van der Waals surface area contributed by atoms with Gasteiger partial charge >= 0.3 is 5.97 Å². The standard InChI is InChI=1S/C6H6O2.C6H6O.C4H8O2.C4H10O.C4H8O/c7-5-1-2-6(8)4-3-5;7-6-4-2-1-3-5-6;1-2-3-4(5)6;2*1-3-4(2)5/h1-4,7-8H;1-5,7H;2-3H2,1H3,(H,5,6);4-5H,3H2,1-2H3;3H2,1-2H3. The van der Waals surface area contributed by atoms with Crippen molar-refractivity contribution in [2.45, 2.75) is 66.4 Å². The number of phenols is 3. The number of carboxylic acid groups (broad SMARTS) is 1. The van der Waals surface area contributed by atoms with Crippen LogP contribution < -0.4 is 0 Å². The zero-order valence-corrected chi connectivity index (χ0v) is 19.2. The second kappa shape index (κ2) is 23.2. The van der Waals surface area contributed by atoms with Crippen molar-refractivity contribution in [3.63, 3.8) is 0 Å². The lowest BCUT2D eigenvalue weighted by atomic mass is 10.3. The molecule has 31 heavy (non-hydrogen) atoms. The molecule has 2 aromatic rings. The maximum absolute atomic E-state index is 9.81. The highest BCUT2D eigenvalue weighted by atomic mass is 16.4. The average molecular weight is 439 g/mol. The number of carboxylic acids is 1. The van der Waals surface area contributed by atoms with Crippen LogP contribution in [0.2, 0.25) is 0 Å². The predicted molar refractivity (Wildman–Crippen MR) is 123 cm³/mol. The fourth-order valence-corrected chi connectivity index (χ4v) is 1.09. The van der Waals surface area contributed by atoms with Crippen molar-refractivity contribution < 1.29 is 35.1 Å². The first-order valence-electron chi connectivity index (χ1n) is 10.1. The molecule has 7 heteroatoms. The SMILES string of the molecule is CCC(C)=O.CCC(C)O.CCCC(=O)O.Oc1ccc(O)cc1.Oc1ccccc1. The maximum atomic E-state index is 9.81. The first kappa shape index (κ1) is 32.6. The summed E-state index contributed by atoms with van der Waals surface area (Å²) in [7, 11) is 0. The third kappa shape index (κ3) is 34.8. The number of aliphatic hydroxyl groups is 1. The molecule has 1 unspecified atom stereocenters. The van der Waals surface area contributed by atoms with Crippen molar-refractivity contribution in [3.05, 3.63) is 54.6 Å². The molecule has 176 valence electrons. The number of hydrogen-bond acceptors (Lipinski definition) is 6. The van der Waals surface area contributed by atoms with Gasteiger partial charge < -0.3 is 30.3 Å². The quantitative estimate of drug-likeness (QED) is 0.418. The number of hydrogen-bond donors (Lipinski definition) is 5. The van der Waals surface area contributed by atoms with E-state index in [1.54, 1.807) is 38.1 Å². The number of phenolic OH excluding ortho intramolecular Hbond substituents is 3. The molecule has 0 amide bonds. The minimum Gasteiger partial charge on any atom is -0.508 e. The van der Waals surface area contributed by atoms with E-state index in [0.29, 0.717) is 18.6 Å². The van der Waals surface area contributed by atoms with Crippen molar-refractivity contribution in [2.75, 3.05) is 0 Å².